The molecule has 2 aliphatic rings. The van der Waals surface area contributed by atoms with Crippen molar-refractivity contribution in [1.29, 1.82) is 0 Å². The van der Waals surface area contributed by atoms with Crippen LogP contribution < -0.4 is 0 Å². The molecule has 2 fully saturated rings. The van der Waals surface area contributed by atoms with E-state index in [0.717, 1.165) is 32.0 Å². The predicted molar refractivity (Wildman–Crippen MR) is 73.6 cm³/mol. The van der Waals surface area contributed by atoms with Gasteiger partial charge in [0, 0.05) is 19.2 Å². The van der Waals surface area contributed by atoms with E-state index < -0.39 is 0 Å². The molecule has 0 aromatic carbocycles. The minimum Gasteiger partial charge on any atom is -0.391 e. The average Bonchev–Trinajstić information content (AvgIpc) is 2.40. The van der Waals surface area contributed by atoms with Crippen molar-refractivity contribution >= 4 is 0 Å². The lowest BCUT2D eigenvalue weighted by molar-refractivity contribution is -0.0513. The quantitative estimate of drug-likeness (QED) is 0.837. The van der Waals surface area contributed by atoms with Crippen molar-refractivity contribution in [3.05, 3.63) is 0 Å². The van der Waals surface area contributed by atoms with Crippen LogP contribution in [0.15, 0.2) is 0 Å². The largest absolute Gasteiger partial charge is 0.391 e. The fourth-order valence-corrected chi connectivity index (χ4v) is 3.62. The highest BCUT2D eigenvalue weighted by Crippen LogP contribution is 2.31. The predicted octanol–water partition coefficient (Wildman–Crippen LogP) is 2.43. The molecule has 1 heterocycles. The highest BCUT2D eigenvalue weighted by atomic mass is 16.5. The molecule has 18 heavy (non-hydrogen) atoms. The maximum Gasteiger partial charge on any atom is 0.0702 e. The molecule has 0 amide bonds. The third kappa shape index (κ3) is 3.46. The number of aliphatic hydroxyl groups excluding tert-OH is 1. The monoisotopic (exact) mass is 255 g/mol. The fourth-order valence-electron chi connectivity index (χ4n) is 3.62. The topological polar surface area (TPSA) is 32.7 Å². The van der Waals surface area contributed by atoms with Gasteiger partial charge in [-0.05, 0) is 51.5 Å². The van der Waals surface area contributed by atoms with E-state index in [1.54, 1.807) is 0 Å². The van der Waals surface area contributed by atoms with Crippen molar-refractivity contribution < 1.29 is 9.84 Å². The van der Waals surface area contributed by atoms with Crippen LogP contribution in [-0.4, -0.2) is 48.0 Å². The smallest absolute Gasteiger partial charge is 0.0702 e. The van der Waals surface area contributed by atoms with Crippen LogP contribution in [0.4, 0.5) is 0 Å². The SMILES string of the molecule is CCOC1CCCN(C2CC(CC)CCC2O)C1. The van der Waals surface area contributed by atoms with E-state index in [4.69, 9.17) is 4.74 Å². The van der Waals surface area contributed by atoms with Gasteiger partial charge in [-0.3, -0.25) is 4.90 Å². The molecule has 1 N–H and O–H groups in total. The van der Waals surface area contributed by atoms with Crippen molar-refractivity contribution in [1.82, 2.24) is 4.90 Å². The number of nitrogens with zero attached hydrogens (tertiary/aromatic N) is 1. The summed E-state index contributed by atoms with van der Waals surface area (Å²) in [6, 6.07) is 0.381. The van der Waals surface area contributed by atoms with Crippen LogP contribution in [0.3, 0.4) is 0 Å². The van der Waals surface area contributed by atoms with E-state index in [0.29, 0.717) is 12.1 Å². The van der Waals surface area contributed by atoms with Gasteiger partial charge >= 0.3 is 0 Å². The van der Waals surface area contributed by atoms with Crippen LogP contribution in [0.2, 0.25) is 0 Å². The normalized spacial score (nSPS) is 38.8. The Hall–Kier alpha value is -0.120. The van der Waals surface area contributed by atoms with Gasteiger partial charge in [-0.2, -0.15) is 0 Å². The molecule has 0 aromatic rings. The highest BCUT2D eigenvalue weighted by molar-refractivity contribution is 4.89. The Kier molecular flexibility index (Phi) is 5.46. The number of hydrogen-bond acceptors (Lipinski definition) is 3. The molecule has 4 atom stereocenters. The Bertz CT molecular complexity index is 245. The number of likely N-dealkylation sites (tertiary alicyclic amines) is 1. The summed E-state index contributed by atoms with van der Waals surface area (Å²) in [6.45, 7) is 7.32. The Morgan fingerprint density at radius 3 is 2.78 bits per heavy atom. The van der Waals surface area contributed by atoms with Gasteiger partial charge < -0.3 is 9.84 Å². The molecule has 0 radical (unpaired) electrons. The van der Waals surface area contributed by atoms with Crippen molar-refractivity contribution in [2.24, 2.45) is 5.92 Å². The first-order valence-corrected chi connectivity index (χ1v) is 7.78. The Morgan fingerprint density at radius 1 is 1.22 bits per heavy atom. The van der Waals surface area contributed by atoms with Crippen LogP contribution in [0, 0.1) is 5.92 Å². The molecule has 1 aliphatic heterocycles. The lowest BCUT2D eigenvalue weighted by Gasteiger charge is -2.44. The van der Waals surface area contributed by atoms with E-state index in [-0.39, 0.29) is 6.10 Å². The second-order valence-corrected chi connectivity index (χ2v) is 5.94. The van der Waals surface area contributed by atoms with Gasteiger partial charge in [0.25, 0.3) is 0 Å². The second kappa shape index (κ2) is 6.88. The van der Waals surface area contributed by atoms with Crippen molar-refractivity contribution in [2.45, 2.75) is 70.6 Å². The molecule has 0 spiro atoms. The van der Waals surface area contributed by atoms with Crippen molar-refractivity contribution in [3.63, 3.8) is 0 Å². The lowest BCUT2D eigenvalue weighted by Crippen LogP contribution is -2.52. The molecule has 3 heteroatoms. The Morgan fingerprint density at radius 2 is 2.06 bits per heavy atom. The molecule has 0 bridgehead atoms. The zero-order chi connectivity index (χ0) is 13.0. The van der Waals surface area contributed by atoms with Crippen LogP contribution >= 0.6 is 0 Å². The van der Waals surface area contributed by atoms with Crippen molar-refractivity contribution in [2.75, 3.05) is 19.7 Å². The minimum atomic E-state index is -0.117. The Balaban J connectivity index is 1.91. The van der Waals surface area contributed by atoms with Gasteiger partial charge in [-0.25, -0.2) is 0 Å². The van der Waals surface area contributed by atoms with E-state index in [9.17, 15) is 5.11 Å². The molecular weight excluding hydrogens is 226 g/mol. The van der Waals surface area contributed by atoms with E-state index >= 15 is 0 Å². The second-order valence-electron chi connectivity index (χ2n) is 5.94. The van der Waals surface area contributed by atoms with E-state index in [1.165, 1.54) is 32.1 Å². The Labute approximate surface area is 112 Å². The maximum atomic E-state index is 10.3. The summed E-state index contributed by atoms with van der Waals surface area (Å²) < 4.78 is 5.77. The van der Waals surface area contributed by atoms with E-state index in [2.05, 4.69) is 18.7 Å². The van der Waals surface area contributed by atoms with Gasteiger partial charge in [-0.1, -0.05) is 13.3 Å². The first-order valence-electron chi connectivity index (χ1n) is 7.78. The summed E-state index contributed by atoms with van der Waals surface area (Å²) in [7, 11) is 0. The van der Waals surface area contributed by atoms with Gasteiger partial charge in [0.1, 0.15) is 0 Å². The van der Waals surface area contributed by atoms with Crippen LogP contribution in [-0.2, 0) is 4.74 Å². The average molecular weight is 255 g/mol. The van der Waals surface area contributed by atoms with Gasteiger partial charge in [-0.15, -0.1) is 0 Å². The molecule has 0 aromatic heterocycles. The number of ether oxygens (including phenoxy) is 1. The number of aliphatic hydroxyl groups is 1. The molecule has 1 saturated carbocycles. The van der Waals surface area contributed by atoms with Crippen LogP contribution in [0.1, 0.15) is 52.4 Å². The molecule has 106 valence electrons. The standard InChI is InChI=1S/C15H29NO2/c1-3-12-7-8-15(17)14(10-12)16-9-5-6-13(11-16)18-4-2/h12-15,17H,3-11H2,1-2H3. The first-order chi connectivity index (χ1) is 8.74. The third-order valence-electron chi connectivity index (χ3n) is 4.75. The van der Waals surface area contributed by atoms with Gasteiger partial charge in [0.05, 0.1) is 12.2 Å². The molecule has 1 saturated heterocycles. The zero-order valence-electron chi connectivity index (χ0n) is 12.0. The summed E-state index contributed by atoms with van der Waals surface area (Å²) in [6.07, 6.45) is 7.29. The highest BCUT2D eigenvalue weighted by Gasteiger charge is 2.35. The lowest BCUT2D eigenvalue weighted by atomic mass is 9.81. The molecule has 1 aliphatic carbocycles. The third-order valence-corrected chi connectivity index (χ3v) is 4.75. The zero-order valence-corrected chi connectivity index (χ0v) is 12.0. The summed E-state index contributed by atoms with van der Waals surface area (Å²) >= 11 is 0. The number of piperidine rings is 1. The molecule has 2 rings (SSSR count). The number of rotatable bonds is 4. The maximum absolute atomic E-state index is 10.3. The molecule has 3 nitrogen and oxygen atoms in total. The fraction of sp³-hybridized carbons (Fsp3) is 1.00. The summed E-state index contributed by atoms with van der Waals surface area (Å²) in [5.41, 5.74) is 0. The summed E-state index contributed by atoms with van der Waals surface area (Å²) in [5.74, 6) is 0.811. The molecule has 4 unspecified atom stereocenters. The minimum absolute atomic E-state index is 0.117. The van der Waals surface area contributed by atoms with E-state index in [1.807, 2.05) is 0 Å². The first kappa shape index (κ1) is 14.3. The van der Waals surface area contributed by atoms with Crippen LogP contribution in [0.25, 0.3) is 0 Å². The summed E-state index contributed by atoms with van der Waals surface area (Å²) in [5, 5.41) is 10.3. The number of hydrogen-bond donors (Lipinski definition) is 1. The van der Waals surface area contributed by atoms with Gasteiger partial charge in [0.15, 0.2) is 0 Å². The van der Waals surface area contributed by atoms with Crippen LogP contribution in [0.5, 0.6) is 0 Å². The molecular formula is C15H29NO2. The van der Waals surface area contributed by atoms with Gasteiger partial charge in [0.2, 0.25) is 0 Å². The summed E-state index contributed by atoms with van der Waals surface area (Å²) in [4.78, 5) is 2.50. The van der Waals surface area contributed by atoms with Crippen molar-refractivity contribution in [3.8, 4) is 0 Å².